The van der Waals surface area contributed by atoms with Gasteiger partial charge in [0.1, 0.15) is 6.54 Å². The van der Waals surface area contributed by atoms with Crippen molar-refractivity contribution in [2.45, 2.75) is 26.2 Å². The lowest BCUT2D eigenvalue weighted by atomic mass is 10.2. The first kappa shape index (κ1) is 19.4. The van der Waals surface area contributed by atoms with E-state index in [4.69, 9.17) is 9.05 Å². The summed E-state index contributed by atoms with van der Waals surface area (Å²) in [5.74, 6) is -0.397. The molecule has 0 saturated heterocycles. The number of halogens is 1. The van der Waals surface area contributed by atoms with Gasteiger partial charge in [-0.1, -0.05) is 58.4 Å². The molecule has 0 heterocycles. The second kappa shape index (κ2) is 9.50. The minimum absolute atomic E-state index is 0.351. The van der Waals surface area contributed by atoms with Crippen molar-refractivity contribution in [3.8, 4) is 0 Å². The molecule has 0 aliphatic carbocycles. The molecule has 0 aliphatic rings. The zero-order valence-electron chi connectivity index (χ0n) is 14.0. The molecule has 0 fully saturated rings. The molecular formula is C18H24BrNO3P+. The lowest BCUT2D eigenvalue weighted by molar-refractivity contribution is -0.693. The highest BCUT2D eigenvalue weighted by atomic mass is 79.9. The summed E-state index contributed by atoms with van der Waals surface area (Å²) in [7, 11) is -3.27. The minimum Gasteiger partial charge on any atom is -0.326 e. The Morgan fingerprint density at radius 2 is 1.58 bits per heavy atom. The number of hydrogen-bond acceptors (Lipinski definition) is 3. The third-order valence-electron chi connectivity index (χ3n) is 3.59. The van der Waals surface area contributed by atoms with E-state index < -0.39 is 13.4 Å². The predicted molar refractivity (Wildman–Crippen MR) is 99.8 cm³/mol. The SMILES string of the molecule is CCOP(=O)(OCC)[C@H]([NH2+]Cc1ccccc1)c1ccc(Br)cc1. The molecule has 1 atom stereocenters. The average molecular weight is 413 g/mol. The Hall–Kier alpha value is -0.970. The van der Waals surface area contributed by atoms with Gasteiger partial charge in [-0.05, 0) is 26.0 Å². The number of quaternary nitrogens is 1. The van der Waals surface area contributed by atoms with Gasteiger partial charge in [0.15, 0.2) is 0 Å². The monoisotopic (exact) mass is 412 g/mol. The van der Waals surface area contributed by atoms with Crippen LogP contribution in [0.1, 0.15) is 30.8 Å². The minimum atomic E-state index is -3.27. The van der Waals surface area contributed by atoms with E-state index in [2.05, 4.69) is 28.1 Å². The van der Waals surface area contributed by atoms with E-state index in [1.165, 1.54) is 5.56 Å². The summed E-state index contributed by atoms with van der Waals surface area (Å²) < 4.78 is 25.5. The van der Waals surface area contributed by atoms with Crippen LogP contribution in [0.15, 0.2) is 59.1 Å². The first-order valence-corrected chi connectivity index (χ1v) is 10.5. The fourth-order valence-electron chi connectivity index (χ4n) is 2.53. The van der Waals surface area contributed by atoms with Crippen LogP contribution in [0.4, 0.5) is 0 Å². The molecule has 0 aliphatic heterocycles. The molecule has 0 spiro atoms. The summed E-state index contributed by atoms with van der Waals surface area (Å²) in [5.41, 5.74) is 2.10. The third-order valence-corrected chi connectivity index (χ3v) is 6.55. The summed E-state index contributed by atoms with van der Waals surface area (Å²) in [4.78, 5) is 0. The molecule has 24 heavy (non-hydrogen) atoms. The number of nitrogens with two attached hydrogens (primary N) is 1. The van der Waals surface area contributed by atoms with Crippen LogP contribution >= 0.6 is 23.5 Å². The lowest BCUT2D eigenvalue weighted by Crippen LogP contribution is -2.83. The summed E-state index contributed by atoms with van der Waals surface area (Å²) >= 11 is 3.44. The highest BCUT2D eigenvalue weighted by Crippen LogP contribution is 2.57. The fraction of sp³-hybridized carbons (Fsp3) is 0.333. The standard InChI is InChI=1S/C18H23BrNO3P/c1-3-22-24(21,23-4-2)18(16-10-12-17(19)13-11-16)20-14-15-8-6-5-7-9-15/h5-13,18,20H,3-4,14H2,1-2H3/p+1/t18-/m0/s1. The van der Waals surface area contributed by atoms with E-state index in [-0.39, 0.29) is 0 Å². The van der Waals surface area contributed by atoms with Gasteiger partial charge in [-0.25, -0.2) is 0 Å². The molecule has 0 amide bonds. The highest BCUT2D eigenvalue weighted by molar-refractivity contribution is 9.10. The van der Waals surface area contributed by atoms with Crippen LogP contribution in [0.3, 0.4) is 0 Å². The normalized spacial score (nSPS) is 13.0. The molecule has 0 radical (unpaired) electrons. The Morgan fingerprint density at radius 3 is 2.12 bits per heavy atom. The Morgan fingerprint density at radius 1 is 1.00 bits per heavy atom. The molecule has 2 N–H and O–H groups in total. The van der Waals surface area contributed by atoms with Crippen LogP contribution in [0.5, 0.6) is 0 Å². The van der Waals surface area contributed by atoms with Crippen molar-refractivity contribution in [3.05, 3.63) is 70.2 Å². The molecule has 0 aromatic heterocycles. The Bertz CT molecular complexity index is 654. The first-order valence-electron chi connectivity index (χ1n) is 8.10. The van der Waals surface area contributed by atoms with Crippen molar-refractivity contribution < 1.29 is 18.9 Å². The molecule has 130 valence electrons. The molecule has 2 rings (SSSR count). The van der Waals surface area contributed by atoms with Gasteiger partial charge in [0.05, 0.1) is 13.2 Å². The molecule has 0 bridgehead atoms. The van der Waals surface area contributed by atoms with Crippen LogP contribution < -0.4 is 5.32 Å². The molecule has 0 saturated carbocycles. The van der Waals surface area contributed by atoms with Crippen molar-refractivity contribution in [2.75, 3.05) is 13.2 Å². The molecule has 6 heteroatoms. The van der Waals surface area contributed by atoms with Crippen LogP contribution in [0, 0.1) is 0 Å². The van der Waals surface area contributed by atoms with Crippen molar-refractivity contribution >= 4 is 23.5 Å². The van der Waals surface area contributed by atoms with Gasteiger partial charge in [-0.15, -0.1) is 0 Å². The number of hydrogen-bond donors (Lipinski definition) is 1. The Balaban J connectivity index is 2.29. The van der Waals surface area contributed by atoms with Crippen LogP contribution in [0.2, 0.25) is 0 Å². The van der Waals surface area contributed by atoms with Gasteiger partial charge >= 0.3 is 7.60 Å². The van der Waals surface area contributed by atoms with E-state index in [1.807, 2.05) is 61.6 Å². The first-order chi connectivity index (χ1) is 11.6. The van der Waals surface area contributed by atoms with E-state index in [0.717, 1.165) is 10.0 Å². The number of benzene rings is 2. The molecule has 0 unspecified atom stereocenters. The molecular weight excluding hydrogens is 389 g/mol. The molecule has 2 aromatic carbocycles. The van der Waals surface area contributed by atoms with E-state index in [0.29, 0.717) is 19.8 Å². The number of rotatable bonds is 9. The van der Waals surface area contributed by atoms with Gasteiger partial charge in [0.2, 0.25) is 5.78 Å². The summed E-state index contributed by atoms with van der Waals surface area (Å²) in [6.45, 7) is 5.07. The van der Waals surface area contributed by atoms with Gasteiger partial charge in [0, 0.05) is 15.6 Å². The lowest BCUT2D eigenvalue weighted by Gasteiger charge is -2.25. The zero-order chi connectivity index (χ0) is 17.4. The van der Waals surface area contributed by atoms with E-state index in [9.17, 15) is 4.57 Å². The van der Waals surface area contributed by atoms with E-state index in [1.54, 1.807) is 0 Å². The maximum Gasteiger partial charge on any atom is 0.392 e. The van der Waals surface area contributed by atoms with E-state index >= 15 is 0 Å². The van der Waals surface area contributed by atoms with Crippen molar-refractivity contribution in [1.29, 1.82) is 0 Å². The van der Waals surface area contributed by atoms with Gasteiger partial charge in [0.25, 0.3) is 0 Å². The summed E-state index contributed by atoms with van der Waals surface area (Å²) in [6, 6.07) is 17.9. The average Bonchev–Trinajstić information content (AvgIpc) is 2.58. The topological polar surface area (TPSA) is 52.1 Å². The maximum absolute atomic E-state index is 13.3. The second-order valence-corrected chi connectivity index (χ2v) is 8.37. The quantitative estimate of drug-likeness (QED) is 0.617. The Kier molecular flexibility index (Phi) is 7.66. The van der Waals surface area contributed by atoms with Crippen LogP contribution in [-0.4, -0.2) is 13.2 Å². The largest absolute Gasteiger partial charge is 0.392 e. The predicted octanol–water partition coefficient (Wildman–Crippen LogP) is 4.48. The zero-order valence-corrected chi connectivity index (χ0v) is 16.5. The van der Waals surface area contributed by atoms with Crippen LogP contribution in [-0.2, 0) is 20.2 Å². The smallest absolute Gasteiger partial charge is 0.326 e. The summed E-state index contributed by atoms with van der Waals surface area (Å²) in [6.07, 6.45) is 0. The van der Waals surface area contributed by atoms with Crippen molar-refractivity contribution in [3.63, 3.8) is 0 Å². The highest BCUT2D eigenvalue weighted by Gasteiger charge is 2.40. The molecule has 4 nitrogen and oxygen atoms in total. The Labute approximate surface area is 152 Å². The second-order valence-electron chi connectivity index (χ2n) is 5.30. The fourth-order valence-corrected chi connectivity index (χ4v) is 4.81. The third kappa shape index (κ3) is 5.27. The van der Waals surface area contributed by atoms with Crippen molar-refractivity contribution in [2.24, 2.45) is 0 Å². The maximum atomic E-state index is 13.3. The van der Waals surface area contributed by atoms with Gasteiger partial charge < -0.3 is 14.4 Å². The van der Waals surface area contributed by atoms with Gasteiger partial charge in [-0.3, -0.25) is 4.57 Å². The molecule has 2 aromatic rings. The summed E-state index contributed by atoms with van der Waals surface area (Å²) in [5, 5.41) is 2.03. The van der Waals surface area contributed by atoms with Crippen molar-refractivity contribution in [1.82, 2.24) is 0 Å². The van der Waals surface area contributed by atoms with Gasteiger partial charge in [-0.2, -0.15) is 0 Å². The van der Waals surface area contributed by atoms with Crippen LogP contribution in [0.25, 0.3) is 0 Å².